The zero-order valence-electron chi connectivity index (χ0n) is 19.6. The van der Waals surface area contributed by atoms with Gasteiger partial charge in [0, 0.05) is 39.8 Å². The number of hydrogen-bond donors (Lipinski definition) is 2. The number of ether oxygens (including phenoxy) is 1. The molecule has 0 bridgehead atoms. The Morgan fingerprint density at radius 1 is 1.26 bits per heavy atom. The van der Waals surface area contributed by atoms with Crippen molar-refractivity contribution in [2.75, 3.05) is 52.3 Å². The molecule has 1 heterocycles. The Kier molecular flexibility index (Phi) is 8.04. The average Bonchev–Trinajstić information content (AvgIpc) is 3.27. The summed E-state index contributed by atoms with van der Waals surface area (Å²) in [5.74, 6) is 1.94. The van der Waals surface area contributed by atoms with Crippen LogP contribution in [0.2, 0.25) is 0 Å². The van der Waals surface area contributed by atoms with Gasteiger partial charge in [-0.25, -0.2) is 0 Å². The topological polar surface area (TPSA) is 69.2 Å². The van der Waals surface area contributed by atoms with Crippen molar-refractivity contribution in [3.8, 4) is 5.75 Å². The van der Waals surface area contributed by atoms with E-state index in [-0.39, 0.29) is 11.3 Å². The van der Waals surface area contributed by atoms with Crippen molar-refractivity contribution in [3.05, 3.63) is 24.3 Å². The number of nitrogens with one attached hydrogen (secondary N) is 2. The molecule has 7 heteroatoms. The fourth-order valence-electron chi connectivity index (χ4n) is 4.91. The van der Waals surface area contributed by atoms with Gasteiger partial charge in [0.1, 0.15) is 5.75 Å². The lowest BCUT2D eigenvalue weighted by Gasteiger charge is -2.36. The molecule has 0 aromatic heterocycles. The number of methoxy groups -OCH3 is 1. The summed E-state index contributed by atoms with van der Waals surface area (Å²) >= 11 is 0. The first kappa shape index (κ1) is 23.2. The number of aliphatic imine (C=N–C) groups is 1. The second-order valence-electron chi connectivity index (χ2n) is 8.98. The van der Waals surface area contributed by atoms with Gasteiger partial charge >= 0.3 is 0 Å². The van der Waals surface area contributed by atoms with Crippen molar-refractivity contribution in [1.29, 1.82) is 0 Å². The Morgan fingerprint density at radius 2 is 2.00 bits per heavy atom. The van der Waals surface area contributed by atoms with Crippen LogP contribution in [0.3, 0.4) is 0 Å². The van der Waals surface area contributed by atoms with Crippen LogP contribution in [-0.4, -0.2) is 70.2 Å². The largest absolute Gasteiger partial charge is 0.495 e. The molecule has 1 unspecified atom stereocenters. The number of anilines is 1. The number of para-hydroxylation sites is 2. The van der Waals surface area contributed by atoms with Gasteiger partial charge in [0.05, 0.1) is 24.8 Å². The Bertz CT molecular complexity index is 758. The highest BCUT2D eigenvalue weighted by Crippen LogP contribution is 2.39. The summed E-state index contributed by atoms with van der Waals surface area (Å²) < 4.78 is 5.57. The number of amides is 1. The van der Waals surface area contributed by atoms with Crippen LogP contribution in [0.25, 0.3) is 0 Å². The van der Waals surface area contributed by atoms with Crippen molar-refractivity contribution < 1.29 is 9.53 Å². The van der Waals surface area contributed by atoms with Gasteiger partial charge < -0.3 is 25.2 Å². The molecule has 2 N–H and O–H groups in total. The summed E-state index contributed by atoms with van der Waals surface area (Å²) in [5, 5.41) is 7.02. The first-order valence-corrected chi connectivity index (χ1v) is 11.6. The molecule has 3 rings (SSSR count). The summed E-state index contributed by atoms with van der Waals surface area (Å²) in [6.45, 7) is 5.33. The SMILES string of the molecule is CCNC(=NCC1(C(=O)N(C)C)CCCC1)NC1CCCN(c2ccccc2OC)C1. The van der Waals surface area contributed by atoms with E-state index < -0.39 is 0 Å². The highest BCUT2D eigenvalue weighted by molar-refractivity contribution is 5.84. The number of piperidine rings is 1. The lowest BCUT2D eigenvalue weighted by atomic mass is 9.85. The summed E-state index contributed by atoms with van der Waals surface area (Å²) in [6.07, 6.45) is 6.27. The van der Waals surface area contributed by atoms with Gasteiger partial charge in [-0.2, -0.15) is 0 Å². The molecule has 1 amide bonds. The second-order valence-corrected chi connectivity index (χ2v) is 8.98. The maximum absolute atomic E-state index is 12.9. The normalized spacial score (nSPS) is 21.0. The van der Waals surface area contributed by atoms with Gasteiger partial charge in [-0.05, 0) is 44.7 Å². The Labute approximate surface area is 187 Å². The molecule has 1 aromatic rings. The highest BCUT2D eigenvalue weighted by atomic mass is 16.5. The predicted octanol–water partition coefficient (Wildman–Crippen LogP) is 2.87. The van der Waals surface area contributed by atoms with Gasteiger partial charge in [0.2, 0.25) is 5.91 Å². The smallest absolute Gasteiger partial charge is 0.230 e. The minimum absolute atomic E-state index is 0.213. The predicted molar refractivity (Wildman–Crippen MR) is 127 cm³/mol. The van der Waals surface area contributed by atoms with E-state index in [1.165, 1.54) is 0 Å². The molecule has 1 saturated carbocycles. The first-order valence-electron chi connectivity index (χ1n) is 11.6. The number of guanidine groups is 1. The van der Waals surface area contributed by atoms with Crippen molar-refractivity contribution >= 4 is 17.6 Å². The maximum atomic E-state index is 12.9. The number of rotatable bonds is 7. The van der Waals surface area contributed by atoms with Crippen molar-refractivity contribution in [2.24, 2.45) is 10.4 Å². The highest BCUT2D eigenvalue weighted by Gasteiger charge is 2.42. The third kappa shape index (κ3) is 5.63. The van der Waals surface area contributed by atoms with E-state index in [1.807, 2.05) is 26.2 Å². The minimum atomic E-state index is -0.345. The second kappa shape index (κ2) is 10.7. The van der Waals surface area contributed by atoms with E-state index in [1.54, 1.807) is 12.0 Å². The summed E-state index contributed by atoms with van der Waals surface area (Å²) in [5.41, 5.74) is 0.793. The average molecular weight is 430 g/mol. The fraction of sp³-hybridized carbons (Fsp3) is 0.667. The first-order chi connectivity index (χ1) is 15.0. The van der Waals surface area contributed by atoms with E-state index in [0.717, 1.165) is 75.6 Å². The molecular formula is C24H39N5O2. The Balaban J connectivity index is 1.69. The van der Waals surface area contributed by atoms with Crippen molar-refractivity contribution in [1.82, 2.24) is 15.5 Å². The Morgan fingerprint density at radius 3 is 2.68 bits per heavy atom. The molecule has 1 aliphatic carbocycles. The van der Waals surface area contributed by atoms with Gasteiger partial charge in [0.25, 0.3) is 0 Å². The van der Waals surface area contributed by atoms with Crippen LogP contribution in [0, 0.1) is 5.41 Å². The molecule has 1 aliphatic heterocycles. The molecule has 31 heavy (non-hydrogen) atoms. The monoisotopic (exact) mass is 429 g/mol. The molecule has 2 aliphatic rings. The number of nitrogens with zero attached hydrogens (tertiary/aromatic N) is 3. The Hall–Kier alpha value is -2.44. The van der Waals surface area contributed by atoms with Gasteiger partial charge in [-0.1, -0.05) is 25.0 Å². The molecule has 1 saturated heterocycles. The van der Waals surface area contributed by atoms with E-state index in [9.17, 15) is 4.79 Å². The maximum Gasteiger partial charge on any atom is 0.230 e. The molecule has 1 atom stereocenters. The zero-order valence-corrected chi connectivity index (χ0v) is 19.6. The fourth-order valence-corrected chi connectivity index (χ4v) is 4.91. The summed E-state index contributed by atoms with van der Waals surface area (Å²) in [6, 6.07) is 8.49. The van der Waals surface area contributed by atoms with Crippen LogP contribution in [-0.2, 0) is 4.79 Å². The van der Waals surface area contributed by atoms with Gasteiger partial charge in [-0.3, -0.25) is 9.79 Å². The zero-order chi connectivity index (χ0) is 22.3. The van der Waals surface area contributed by atoms with Gasteiger partial charge in [-0.15, -0.1) is 0 Å². The third-order valence-corrected chi connectivity index (χ3v) is 6.49. The van der Waals surface area contributed by atoms with Crippen LogP contribution in [0.15, 0.2) is 29.3 Å². The van der Waals surface area contributed by atoms with Crippen LogP contribution < -0.4 is 20.3 Å². The molecule has 2 fully saturated rings. The molecule has 0 spiro atoms. The lowest BCUT2D eigenvalue weighted by Crippen LogP contribution is -2.51. The number of hydrogen-bond acceptors (Lipinski definition) is 4. The van der Waals surface area contributed by atoms with E-state index in [2.05, 4.69) is 34.6 Å². The van der Waals surface area contributed by atoms with Crippen LogP contribution in [0.4, 0.5) is 5.69 Å². The van der Waals surface area contributed by atoms with E-state index in [0.29, 0.717) is 12.6 Å². The van der Waals surface area contributed by atoms with Crippen LogP contribution >= 0.6 is 0 Å². The van der Waals surface area contributed by atoms with Crippen molar-refractivity contribution in [2.45, 2.75) is 51.5 Å². The molecule has 172 valence electrons. The minimum Gasteiger partial charge on any atom is -0.495 e. The standard InChI is InChI=1S/C24H39N5O2/c1-5-25-23(26-18-24(14-8-9-15-24)22(30)28(2)3)27-19-11-10-16-29(17-19)20-12-6-7-13-21(20)31-4/h6-7,12-13,19H,5,8-11,14-18H2,1-4H3,(H2,25,26,27). The molecule has 1 aromatic carbocycles. The molecular weight excluding hydrogens is 390 g/mol. The summed E-state index contributed by atoms with van der Waals surface area (Å²) in [7, 11) is 5.43. The van der Waals surface area contributed by atoms with Crippen molar-refractivity contribution in [3.63, 3.8) is 0 Å². The van der Waals surface area contributed by atoms with E-state index >= 15 is 0 Å². The van der Waals surface area contributed by atoms with Crippen LogP contribution in [0.1, 0.15) is 45.4 Å². The lowest BCUT2D eigenvalue weighted by molar-refractivity contribution is -0.138. The van der Waals surface area contributed by atoms with Gasteiger partial charge in [0.15, 0.2) is 5.96 Å². The third-order valence-electron chi connectivity index (χ3n) is 6.49. The number of benzene rings is 1. The molecule has 0 radical (unpaired) electrons. The quantitative estimate of drug-likeness (QED) is 0.515. The number of carbonyl (C=O) groups is 1. The van der Waals surface area contributed by atoms with Crippen LogP contribution in [0.5, 0.6) is 5.75 Å². The van der Waals surface area contributed by atoms with E-state index in [4.69, 9.17) is 9.73 Å². The number of carbonyl (C=O) groups excluding carboxylic acids is 1. The molecule has 7 nitrogen and oxygen atoms in total. The summed E-state index contributed by atoms with van der Waals surface area (Å²) in [4.78, 5) is 21.9.